The lowest BCUT2D eigenvalue weighted by Gasteiger charge is -2.11. The maximum absolute atomic E-state index is 11.2. The molecular weight excluding hydrogens is 356 g/mol. The average molecular weight is 391 g/mol. The number of carbonyl (C=O) groups is 1. The number of carbonyl (C=O) groups excluding carboxylic acids is 1. The van der Waals surface area contributed by atoms with Crippen LogP contribution in [0.3, 0.4) is 0 Å². The highest BCUT2D eigenvalue weighted by Crippen LogP contribution is 2.05. The minimum Gasteiger partial charge on any atom is -0.466 e. The van der Waals surface area contributed by atoms with Gasteiger partial charge in [-0.2, -0.15) is 0 Å². The van der Waals surface area contributed by atoms with Gasteiger partial charge in [-0.05, 0) is 45.1 Å². The molecule has 0 fully saturated rings. The van der Waals surface area contributed by atoms with Gasteiger partial charge in [0.15, 0.2) is 0 Å². The third-order valence-corrected chi connectivity index (χ3v) is 3.96. The molecule has 156 valence electrons. The van der Waals surface area contributed by atoms with Gasteiger partial charge in [-0.1, -0.05) is 54.6 Å². The van der Waals surface area contributed by atoms with Crippen molar-refractivity contribution in [3.63, 3.8) is 0 Å². The number of unbranched alkanes of at least 4 members (excludes halogenated alkanes) is 1. The lowest BCUT2D eigenvalue weighted by molar-refractivity contribution is -0.145. The molecule has 0 heterocycles. The second-order valence-electron chi connectivity index (χ2n) is 6.58. The zero-order valence-electron chi connectivity index (χ0n) is 17.1. The molecule has 5 nitrogen and oxygen atoms in total. The molecule has 0 aromatic heterocycles. The van der Waals surface area contributed by atoms with Crippen LogP contribution in [0.2, 0.25) is 0 Å². The van der Waals surface area contributed by atoms with Gasteiger partial charge in [0.05, 0.1) is 31.8 Å². The molecule has 1 N–H and O–H groups in total. The van der Waals surface area contributed by atoms with Crippen LogP contribution in [-0.2, 0) is 25.6 Å². The maximum atomic E-state index is 11.2. The minimum absolute atomic E-state index is 0.0467. The number of allylic oxidation sites excluding steroid dienone is 2. The van der Waals surface area contributed by atoms with Gasteiger partial charge < -0.3 is 19.3 Å². The first-order valence-electron chi connectivity index (χ1n) is 9.98. The molecule has 2 atom stereocenters. The maximum Gasteiger partial charge on any atom is 0.308 e. The Labute approximate surface area is 169 Å². The molecule has 1 rings (SSSR count). The van der Waals surface area contributed by atoms with Crippen LogP contribution in [0.4, 0.5) is 0 Å². The molecule has 0 amide bonds. The molecule has 5 heteroatoms. The van der Waals surface area contributed by atoms with Crippen LogP contribution < -0.4 is 0 Å². The highest BCUT2D eigenvalue weighted by molar-refractivity contribution is 5.69. The third kappa shape index (κ3) is 13.3. The van der Waals surface area contributed by atoms with Crippen LogP contribution >= 0.6 is 0 Å². The molecule has 0 spiro atoms. The summed E-state index contributed by atoms with van der Waals surface area (Å²) in [4.78, 5) is 11.2. The Hall–Kier alpha value is -1.95. The van der Waals surface area contributed by atoms with Crippen LogP contribution in [0.5, 0.6) is 0 Å². The fourth-order valence-corrected chi connectivity index (χ4v) is 2.43. The number of benzene rings is 1. The van der Waals surface area contributed by atoms with E-state index in [0.717, 1.165) is 24.8 Å². The monoisotopic (exact) mass is 390 g/mol. The van der Waals surface area contributed by atoms with E-state index in [-0.39, 0.29) is 18.5 Å². The predicted octanol–water partition coefficient (Wildman–Crippen LogP) is 4.55. The number of aliphatic hydroxyl groups excluding tert-OH is 1. The van der Waals surface area contributed by atoms with Crippen LogP contribution in [-0.4, -0.2) is 36.7 Å². The Morgan fingerprint density at radius 2 is 1.75 bits per heavy atom. The second-order valence-corrected chi connectivity index (χ2v) is 6.58. The number of rotatable bonds is 15. The van der Waals surface area contributed by atoms with Crippen molar-refractivity contribution in [2.24, 2.45) is 0 Å². The van der Waals surface area contributed by atoms with Gasteiger partial charge in [0.1, 0.15) is 6.79 Å². The zero-order chi connectivity index (χ0) is 20.5. The second kappa shape index (κ2) is 16.0. The molecule has 1 aromatic carbocycles. The van der Waals surface area contributed by atoms with E-state index < -0.39 is 6.10 Å². The van der Waals surface area contributed by atoms with Crippen molar-refractivity contribution in [2.75, 3.05) is 13.4 Å². The lowest BCUT2D eigenvalue weighted by atomic mass is 10.1. The standard InChI is InChI=1S/C23H34O5/c1-3-27-23(25)17-22(24)16-12-7-5-4-6-9-13-20(2)28-19-26-18-21-14-10-8-11-15-21/h6-12,14-15,20,22,24H,3-5,13,16-19H2,1-2H3/b9-6+,12-7+/t20-,22-/m1/s1. The molecule has 1 aromatic rings. The summed E-state index contributed by atoms with van der Waals surface area (Å²) in [6, 6.07) is 10.0. The summed E-state index contributed by atoms with van der Waals surface area (Å²) in [6.07, 6.45) is 10.8. The van der Waals surface area contributed by atoms with Crippen LogP contribution in [0.1, 0.15) is 51.5 Å². The molecule has 0 saturated heterocycles. The van der Waals surface area contributed by atoms with Crippen LogP contribution in [0, 0.1) is 0 Å². The summed E-state index contributed by atoms with van der Waals surface area (Å²) in [5.74, 6) is -0.354. The first-order chi connectivity index (χ1) is 13.6. The fourth-order valence-electron chi connectivity index (χ4n) is 2.43. The van der Waals surface area contributed by atoms with Gasteiger partial charge in [0.2, 0.25) is 0 Å². The van der Waals surface area contributed by atoms with Gasteiger partial charge in [-0.3, -0.25) is 4.79 Å². The molecular formula is C23H34O5. The number of aliphatic hydroxyl groups is 1. The summed E-state index contributed by atoms with van der Waals surface area (Å²) in [5.41, 5.74) is 1.14. The summed E-state index contributed by atoms with van der Waals surface area (Å²) >= 11 is 0. The molecule has 0 aliphatic carbocycles. The van der Waals surface area contributed by atoms with Crippen LogP contribution in [0.25, 0.3) is 0 Å². The smallest absolute Gasteiger partial charge is 0.308 e. The van der Waals surface area contributed by atoms with E-state index >= 15 is 0 Å². The molecule has 0 radical (unpaired) electrons. The van der Waals surface area contributed by atoms with Crippen molar-refractivity contribution in [2.45, 2.75) is 64.8 Å². The fraction of sp³-hybridized carbons (Fsp3) is 0.522. The Morgan fingerprint density at radius 3 is 2.43 bits per heavy atom. The quantitative estimate of drug-likeness (QED) is 0.206. The largest absolute Gasteiger partial charge is 0.466 e. The minimum atomic E-state index is -0.673. The van der Waals surface area contributed by atoms with Crippen molar-refractivity contribution < 1.29 is 24.1 Å². The van der Waals surface area contributed by atoms with Crippen molar-refractivity contribution in [1.29, 1.82) is 0 Å². The summed E-state index contributed by atoms with van der Waals surface area (Å²) in [7, 11) is 0. The molecule has 0 saturated carbocycles. The van der Waals surface area contributed by atoms with E-state index in [1.54, 1.807) is 6.92 Å². The Morgan fingerprint density at radius 1 is 1.07 bits per heavy atom. The summed E-state index contributed by atoms with van der Waals surface area (Å²) < 4.78 is 15.9. The Kier molecular flexibility index (Phi) is 13.8. The van der Waals surface area contributed by atoms with E-state index in [2.05, 4.69) is 12.2 Å². The molecule has 28 heavy (non-hydrogen) atoms. The summed E-state index contributed by atoms with van der Waals surface area (Å²) in [5, 5.41) is 9.71. The van der Waals surface area contributed by atoms with E-state index in [4.69, 9.17) is 14.2 Å². The van der Waals surface area contributed by atoms with E-state index in [0.29, 0.717) is 26.4 Å². The summed E-state index contributed by atoms with van der Waals surface area (Å²) in [6.45, 7) is 4.98. The average Bonchev–Trinajstić information content (AvgIpc) is 2.68. The van der Waals surface area contributed by atoms with Gasteiger partial charge in [0, 0.05) is 0 Å². The van der Waals surface area contributed by atoms with Gasteiger partial charge in [-0.15, -0.1) is 0 Å². The van der Waals surface area contributed by atoms with Crippen molar-refractivity contribution in [3.8, 4) is 0 Å². The number of ether oxygens (including phenoxy) is 3. The first kappa shape index (κ1) is 24.1. The topological polar surface area (TPSA) is 65.0 Å². The zero-order valence-corrected chi connectivity index (χ0v) is 17.1. The van der Waals surface area contributed by atoms with Gasteiger partial charge in [0.25, 0.3) is 0 Å². The highest BCUT2D eigenvalue weighted by atomic mass is 16.7. The van der Waals surface area contributed by atoms with Crippen molar-refractivity contribution in [3.05, 3.63) is 60.2 Å². The van der Waals surface area contributed by atoms with E-state index in [9.17, 15) is 9.90 Å². The van der Waals surface area contributed by atoms with Gasteiger partial charge in [-0.25, -0.2) is 0 Å². The molecule has 0 aliphatic heterocycles. The van der Waals surface area contributed by atoms with Crippen molar-refractivity contribution >= 4 is 5.97 Å². The number of hydrogen-bond donors (Lipinski definition) is 1. The predicted molar refractivity (Wildman–Crippen MR) is 111 cm³/mol. The highest BCUT2D eigenvalue weighted by Gasteiger charge is 2.09. The Bertz CT molecular complexity index is 568. The van der Waals surface area contributed by atoms with Crippen LogP contribution in [0.15, 0.2) is 54.6 Å². The SMILES string of the molecule is CCOC(=O)C[C@H](O)C/C=C/CC/C=C/C[C@@H](C)OCOCc1ccccc1. The van der Waals surface area contributed by atoms with Crippen molar-refractivity contribution in [1.82, 2.24) is 0 Å². The Balaban J connectivity index is 1.99. The normalized spacial score (nSPS) is 13.8. The van der Waals surface area contributed by atoms with E-state index in [1.165, 1.54) is 0 Å². The molecule has 0 aliphatic rings. The lowest BCUT2D eigenvalue weighted by Crippen LogP contribution is -2.14. The molecule has 0 bridgehead atoms. The van der Waals surface area contributed by atoms with E-state index in [1.807, 2.05) is 49.4 Å². The number of hydrogen-bond acceptors (Lipinski definition) is 5. The number of esters is 1. The van der Waals surface area contributed by atoms with Gasteiger partial charge >= 0.3 is 5.97 Å². The molecule has 0 unspecified atom stereocenters. The third-order valence-electron chi connectivity index (χ3n) is 3.96. The first-order valence-corrected chi connectivity index (χ1v) is 9.98.